The van der Waals surface area contributed by atoms with E-state index in [9.17, 15) is 0 Å². The monoisotopic (exact) mass is 237 g/mol. The topological polar surface area (TPSA) is 45.0 Å². The van der Waals surface area contributed by atoms with Crippen LogP contribution in [0, 0.1) is 0 Å². The molecule has 1 aromatic carbocycles. The predicted molar refractivity (Wildman–Crippen MR) is 68.7 cm³/mol. The normalized spacial score (nSPS) is 11.5. The first kappa shape index (κ1) is 11.5. The zero-order chi connectivity index (χ0) is 11.5. The summed E-state index contributed by atoms with van der Waals surface area (Å²) < 4.78 is 0. The highest BCUT2D eigenvalue weighted by molar-refractivity contribution is 6.31. The van der Waals surface area contributed by atoms with Gasteiger partial charge in [0.15, 0.2) is 0 Å². The van der Waals surface area contributed by atoms with Gasteiger partial charge in [-0.1, -0.05) is 17.7 Å². The number of nitrogens with zero attached hydrogens (tertiary/aromatic N) is 1. The van der Waals surface area contributed by atoms with E-state index in [-0.39, 0.29) is 0 Å². The van der Waals surface area contributed by atoms with E-state index in [0.29, 0.717) is 6.54 Å². The molecule has 2 rings (SSSR count). The van der Waals surface area contributed by atoms with Crippen molar-refractivity contribution in [3.05, 3.63) is 35.0 Å². The maximum absolute atomic E-state index is 5.94. The second-order valence-corrected chi connectivity index (χ2v) is 4.47. The summed E-state index contributed by atoms with van der Waals surface area (Å²) in [5.74, 6) is 0. The first-order valence-corrected chi connectivity index (χ1v) is 5.72. The van der Waals surface area contributed by atoms with E-state index >= 15 is 0 Å². The Balaban J connectivity index is 2.25. The minimum absolute atomic E-state index is 0.685. The van der Waals surface area contributed by atoms with Crippen LogP contribution in [0.2, 0.25) is 5.02 Å². The van der Waals surface area contributed by atoms with E-state index in [0.717, 1.165) is 23.6 Å². The molecular formula is C12H16ClN3. The molecule has 0 atom stereocenters. The Morgan fingerprint density at radius 2 is 2.25 bits per heavy atom. The Morgan fingerprint density at radius 3 is 3.00 bits per heavy atom. The van der Waals surface area contributed by atoms with Crippen molar-refractivity contribution in [3.63, 3.8) is 0 Å². The number of likely N-dealkylation sites (N-methyl/N-ethyl adjacent to an activating group) is 1. The molecule has 16 heavy (non-hydrogen) atoms. The Labute approximate surface area is 100 Å². The third kappa shape index (κ3) is 2.38. The standard InChI is InChI=1S/C12H16ClN3/c1-16(5-4-14)8-9-7-15-12-6-10(13)2-3-11(9)12/h2-3,6-7,15H,4-5,8,14H2,1H3. The zero-order valence-corrected chi connectivity index (χ0v) is 10.1. The van der Waals surface area contributed by atoms with Gasteiger partial charge < -0.3 is 15.6 Å². The number of benzene rings is 1. The smallest absolute Gasteiger partial charge is 0.0472 e. The number of nitrogens with one attached hydrogen (secondary N) is 1. The van der Waals surface area contributed by atoms with E-state index in [1.807, 2.05) is 18.3 Å². The van der Waals surface area contributed by atoms with E-state index < -0.39 is 0 Å². The molecule has 0 fully saturated rings. The van der Waals surface area contributed by atoms with Gasteiger partial charge in [-0.25, -0.2) is 0 Å². The summed E-state index contributed by atoms with van der Waals surface area (Å²) in [5, 5.41) is 1.99. The molecule has 0 saturated heterocycles. The van der Waals surface area contributed by atoms with E-state index in [4.69, 9.17) is 17.3 Å². The highest BCUT2D eigenvalue weighted by Crippen LogP contribution is 2.22. The quantitative estimate of drug-likeness (QED) is 0.857. The number of fused-ring (bicyclic) bond motifs is 1. The fraction of sp³-hybridized carbons (Fsp3) is 0.333. The van der Waals surface area contributed by atoms with Gasteiger partial charge in [-0.15, -0.1) is 0 Å². The Bertz CT molecular complexity index is 478. The highest BCUT2D eigenvalue weighted by atomic mass is 35.5. The van der Waals surface area contributed by atoms with Gasteiger partial charge in [0.1, 0.15) is 0 Å². The molecule has 0 saturated carbocycles. The lowest BCUT2D eigenvalue weighted by molar-refractivity contribution is 0.337. The number of hydrogen-bond donors (Lipinski definition) is 2. The van der Waals surface area contributed by atoms with Crippen LogP contribution in [0.4, 0.5) is 0 Å². The Hall–Kier alpha value is -1.03. The van der Waals surface area contributed by atoms with Crippen molar-refractivity contribution in [1.29, 1.82) is 0 Å². The molecular weight excluding hydrogens is 222 g/mol. The highest BCUT2D eigenvalue weighted by Gasteiger charge is 2.06. The van der Waals surface area contributed by atoms with Crippen molar-refractivity contribution in [2.75, 3.05) is 20.1 Å². The number of nitrogens with two attached hydrogens (primary N) is 1. The lowest BCUT2D eigenvalue weighted by atomic mass is 10.1. The summed E-state index contributed by atoms with van der Waals surface area (Å²) >= 11 is 5.94. The van der Waals surface area contributed by atoms with Crippen LogP contribution in [0.15, 0.2) is 24.4 Å². The van der Waals surface area contributed by atoms with Gasteiger partial charge in [0, 0.05) is 41.8 Å². The van der Waals surface area contributed by atoms with Crippen LogP contribution in [0.1, 0.15) is 5.56 Å². The Morgan fingerprint density at radius 1 is 1.44 bits per heavy atom. The van der Waals surface area contributed by atoms with Crippen LogP contribution in [0.5, 0.6) is 0 Å². The van der Waals surface area contributed by atoms with Crippen molar-refractivity contribution in [2.45, 2.75) is 6.54 Å². The molecule has 3 N–H and O–H groups in total. The fourth-order valence-corrected chi connectivity index (χ4v) is 2.05. The molecule has 0 spiro atoms. The molecule has 0 amide bonds. The average Bonchev–Trinajstić information content (AvgIpc) is 2.61. The molecule has 86 valence electrons. The van der Waals surface area contributed by atoms with Gasteiger partial charge in [0.2, 0.25) is 0 Å². The average molecular weight is 238 g/mol. The number of halogens is 1. The lowest BCUT2D eigenvalue weighted by Gasteiger charge is -2.14. The molecule has 0 unspecified atom stereocenters. The van der Waals surface area contributed by atoms with Crippen molar-refractivity contribution in [2.24, 2.45) is 5.73 Å². The lowest BCUT2D eigenvalue weighted by Crippen LogP contribution is -2.24. The third-order valence-corrected chi connectivity index (χ3v) is 2.92. The van der Waals surface area contributed by atoms with Crippen molar-refractivity contribution in [3.8, 4) is 0 Å². The second-order valence-electron chi connectivity index (χ2n) is 4.03. The summed E-state index contributed by atoms with van der Waals surface area (Å²) in [7, 11) is 2.07. The predicted octanol–water partition coefficient (Wildman–Crippen LogP) is 2.21. The minimum Gasteiger partial charge on any atom is -0.361 e. The summed E-state index contributed by atoms with van der Waals surface area (Å²) in [6.45, 7) is 2.49. The van der Waals surface area contributed by atoms with Crippen LogP contribution in [0.25, 0.3) is 10.9 Å². The van der Waals surface area contributed by atoms with Gasteiger partial charge in [-0.05, 0) is 24.7 Å². The number of hydrogen-bond acceptors (Lipinski definition) is 2. The summed E-state index contributed by atoms with van der Waals surface area (Å²) in [5.41, 5.74) is 7.89. The number of rotatable bonds is 4. The van der Waals surface area contributed by atoms with Crippen LogP contribution >= 0.6 is 11.6 Å². The summed E-state index contributed by atoms with van der Waals surface area (Å²) in [4.78, 5) is 5.44. The van der Waals surface area contributed by atoms with Crippen molar-refractivity contribution < 1.29 is 0 Å². The second kappa shape index (κ2) is 4.87. The molecule has 0 aliphatic heterocycles. The molecule has 2 aromatic rings. The maximum atomic E-state index is 5.94. The minimum atomic E-state index is 0.685. The Kier molecular flexibility index (Phi) is 3.49. The summed E-state index contributed by atoms with van der Waals surface area (Å²) in [6, 6.07) is 5.92. The molecule has 1 heterocycles. The van der Waals surface area contributed by atoms with E-state index in [1.165, 1.54) is 10.9 Å². The van der Waals surface area contributed by atoms with Gasteiger partial charge in [0.05, 0.1) is 0 Å². The summed E-state index contributed by atoms with van der Waals surface area (Å²) in [6.07, 6.45) is 2.04. The van der Waals surface area contributed by atoms with Gasteiger partial charge in [0.25, 0.3) is 0 Å². The van der Waals surface area contributed by atoms with Crippen LogP contribution in [-0.4, -0.2) is 30.0 Å². The van der Waals surface area contributed by atoms with Crippen molar-refractivity contribution >= 4 is 22.5 Å². The fourth-order valence-electron chi connectivity index (χ4n) is 1.88. The number of aromatic amines is 1. The first-order valence-electron chi connectivity index (χ1n) is 5.35. The van der Waals surface area contributed by atoms with Gasteiger partial charge >= 0.3 is 0 Å². The molecule has 3 nitrogen and oxygen atoms in total. The first-order chi connectivity index (χ1) is 7.70. The van der Waals surface area contributed by atoms with E-state index in [1.54, 1.807) is 0 Å². The van der Waals surface area contributed by atoms with Crippen molar-refractivity contribution in [1.82, 2.24) is 9.88 Å². The van der Waals surface area contributed by atoms with Crippen LogP contribution < -0.4 is 5.73 Å². The van der Waals surface area contributed by atoms with Gasteiger partial charge in [-0.3, -0.25) is 0 Å². The number of H-pyrrole nitrogens is 1. The molecule has 0 bridgehead atoms. The van der Waals surface area contributed by atoms with Crippen LogP contribution in [0.3, 0.4) is 0 Å². The molecule has 4 heteroatoms. The molecule has 0 aliphatic carbocycles. The molecule has 0 radical (unpaired) electrons. The molecule has 0 aliphatic rings. The largest absolute Gasteiger partial charge is 0.361 e. The van der Waals surface area contributed by atoms with Gasteiger partial charge in [-0.2, -0.15) is 0 Å². The maximum Gasteiger partial charge on any atom is 0.0472 e. The number of aromatic nitrogens is 1. The zero-order valence-electron chi connectivity index (χ0n) is 9.33. The van der Waals surface area contributed by atoms with Crippen LogP contribution in [-0.2, 0) is 6.54 Å². The van der Waals surface area contributed by atoms with E-state index in [2.05, 4.69) is 23.0 Å². The molecule has 1 aromatic heterocycles. The third-order valence-electron chi connectivity index (χ3n) is 2.68. The SMILES string of the molecule is CN(CCN)Cc1c[nH]c2cc(Cl)ccc12.